The number of carboxylic acid groups (broad SMARTS) is 3. The van der Waals surface area contributed by atoms with Gasteiger partial charge < -0.3 is 30.9 Å². The number of halogens is 3. The van der Waals surface area contributed by atoms with Crippen LogP contribution in [0.25, 0.3) is 0 Å². The van der Waals surface area contributed by atoms with Gasteiger partial charge in [-0.2, -0.15) is 0 Å². The van der Waals surface area contributed by atoms with Crippen LogP contribution in [0.1, 0.15) is 43.1 Å². The Labute approximate surface area is 212 Å². The second-order valence-corrected chi connectivity index (χ2v) is 8.63. The van der Waals surface area contributed by atoms with E-state index in [9.17, 15) is 52.5 Å². The van der Waals surface area contributed by atoms with Gasteiger partial charge in [-0.05, 0) is 36.2 Å². The van der Waals surface area contributed by atoms with E-state index in [-0.39, 0.29) is 30.6 Å². The van der Waals surface area contributed by atoms with E-state index in [0.29, 0.717) is 12.1 Å². The average Bonchev–Trinajstić information content (AvgIpc) is 2.85. The molecule has 1 aliphatic heterocycles. The monoisotopic (exact) mass is 537 g/mol. The first kappa shape index (κ1) is 28.1. The Hall–Kier alpha value is -4.46. The van der Waals surface area contributed by atoms with Crippen LogP contribution < -0.4 is 5.73 Å². The molecule has 3 rings (SSSR count). The summed E-state index contributed by atoms with van der Waals surface area (Å²) in [5.41, 5.74) is 4.42. The molecule has 202 valence electrons. The molecule has 0 bridgehead atoms. The van der Waals surface area contributed by atoms with Gasteiger partial charge in [0.05, 0.1) is 17.7 Å². The molecule has 2 aromatic rings. The Morgan fingerprint density at radius 2 is 1.39 bits per heavy atom. The van der Waals surface area contributed by atoms with Crippen molar-refractivity contribution in [1.29, 1.82) is 0 Å². The first-order valence-electron chi connectivity index (χ1n) is 11.1. The first-order valence-corrected chi connectivity index (χ1v) is 11.1. The number of rotatable bonds is 8. The van der Waals surface area contributed by atoms with Gasteiger partial charge in [0, 0.05) is 37.2 Å². The molecule has 11 nitrogen and oxygen atoms in total. The predicted molar refractivity (Wildman–Crippen MR) is 122 cm³/mol. The highest BCUT2D eigenvalue weighted by Crippen LogP contribution is 2.20. The van der Waals surface area contributed by atoms with E-state index >= 15 is 0 Å². The maximum atomic E-state index is 13.9. The molecule has 1 unspecified atom stereocenters. The molecule has 0 saturated carbocycles. The molecule has 0 spiro atoms. The van der Waals surface area contributed by atoms with Crippen LogP contribution in [0.2, 0.25) is 0 Å². The van der Waals surface area contributed by atoms with Crippen molar-refractivity contribution in [2.45, 2.75) is 24.9 Å². The molecule has 2 aromatic carbocycles. The van der Waals surface area contributed by atoms with E-state index in [4.69, 9.17) is 5.73 Å². The topological polar surface area (TPSA) is 179 Å². The normalized spacial score (nSPS) is 16.2. The number of hydrogen-bond acceptors (Lipinski definition) is 6. The summed E-state index contributed by atoms with van der Waals surface area (Å²) >= 11 is 0. The molecular formula is C24H22F3N3O8. The molecule has 0 radical (unpaired) electrons. The molecule has 2 atom stereocenters. The lowest BCUT2D eigenvalue weighted by Crippen LogP contribution is -2.60. The summed E-state index contributed by atoms with van der Waals surface area (Å²) in [4.78, 5) is 62.4. The maximum Gasteiger partial charge on any atom is 0.335 e. The van der Waals surface area contributed by atoms with Crippen molar-refractivity contribution in [1.82, 2.24) is 9.80 Å². The summed E-state index contributed by atoms with van der Waals surface area (Å²) in [6, 6.07) is 1.17. The number of nitrogens with two attached hydrogens (primary N) is 1. The SMILES string of the molecule is N[C@@H](CC(=O)N1CCN(C(=O)c2cc(C(=O)O)cc(C(=O)O)c2)CC1C(=O)O)Cc1cc(F)c(F)cc1F. The summed E-state index contributed by atoms with van der Waals surface area (Å²) in [6.45, 7) is -0.911. The molecule has 5 N–H and O–H groups in total. The van der Waals surface area contributed by atoms with Crippen LogP contribution in [-0.4, -0.2) is 86.6 Å². The molecule has 1 heterocycles. The molecule has 1 fully saturated rings. The van der Waals surface area contributed by atoms with Gasteiger partial charge in [-0.1, -0.05) is 0 Å². The lowest BCUT2D eigenvalue weighted by Gasteiger charge is -2.39. The molecule has 0 aromatic heterocycles. The van der Waals surface area contributed by atoms with Crippen LogP contribution in [0.4, 0.5) is 13.2 Å². The predicted octanol–water partition coefficient (Wildman–Crippen LogP) is 1.20. The van der Waals surface area contributed by atoms with E-state index in [1.807, 2.05) is 0 Å². The molecule has 1 saturated heterocycles. The molecule has 1 aliphatic rings. The Morgan fingerprint density at radius 3 is 1.95 bits per heavy atom. The molecule has 14 heteroatoms. The van der Waals surface area contributed by atoms with E-state index in [1.54, 1.807) is 0 Å². The Balaban J connectivity index is 1.73. The standard InChI is InChI=1S/C24H22F3N3O8/c25-16-9-18(27)17(26)7-11(16)6-15(28)8-20(31)30-2-1-29(10-19(30)24(37)38)21(32)12-3-13(22(33)34)5-14(4-12)23(35)36/h3-5,7,9,15,19H,1-2,6,8,10,28H2,(H,33,34)(H,35,36)(H,37,38)/t15-,19?/m1/s1. The number of aromatic carboxylic acids is 2. The second-order valence-electron chi connectivity index (χ2n) is 8.63. The van der Waals surface area contributed by atoms with Crippen LogP contribution >= 0.6 is 0 Å². The van der Waals surface area contributed by atoms with Crippen molar-refractivity contribution in [2.75, 3.05) is 19.6 Å². The van der Waals surface area contributed by atoms with Crippen molar-refractivity contribution in [2.24, 2.45) is 5.73 Å². The molecule has 0 aliphatic carbocycles. The van der Waals surface area contributed by atoms with E-state index in [0.717, 1.165) is 28.0 Å². The summed E-state index contributed by atoms with van der Waals surface area (Å²) in [7, 11) is 0. The molecule has 38 heavy (non-hydrogen) atoms. The highest BCUT2D eigenvalue weighted by Gasteiger charge is 2.37. The van der Waals surface area contributed by atoms with Gasteiger partial charge >= 0.3 is 17.9 Å². The second kappa shape index (κ2) is 11.3. The van der Waals surface area contributed by atoms with Crippen LogP contribution in [0.3, 0.4) is 0 Å². The van der Waals surface area contributed by atoms with E-state index < -0.39 is 83.4 Å². The lowest BCUT2D eigenvalue weighted by atomic mass is 10.0. The molecular weight excluding hydrogens is 515 g/mol. The van der Waals surface area contributed by atoms with Gasteiger partial charge in [0.25, 0.3) is 5.91 Å². The number of benzene rings is 2. The zero-order valence-electron chi connectivity index (χ0n) is 19.6. The van der Waals surface area contributed by atoms with Crippen molar-refractivity contribution in [3.63, 3.8) is 0 Å². The smallest absolute Gasteiger partial charge is 0.335 e. The van der Waals surface area contributed by atoms with Crippen LogP contribution in [0.15, 0.2) is 30.3 Å². The number of amides is 2. The largest absolute Gasteiger partial charge is 0.480 e. The number of piperazine rings is 1. The van der Waals surface area contributed by atoms with Gasteiger partial charge in [0.15, 0.2) is 11.6 Å². The maximum absolute atomic E-state index is 13.9. The summed E-state index contributed by atoms with van der Waals surface area (Å²) in [6.07, 6.45) is -0.796. The van der Waals surface area contributed by atoms with Crippen molar-refractivity contribution in [3.8, 4) is 0 Å². The minimum atomic E-state index is -1.52. The lowest BCUT2D eigenvalue weighted by molar-refractivity contribution is -0.153. The third-order valence-corrected chi connectivity index (χ3v) is 5.96. The van der Waals surface area contributed by atoms with Gasteiger partial charge in [0.1, 0.15) is 11.9 Å². The van der Waals surface area contributed by atoms with Gasteiger partial charge in [-0.25, -0.2) is 27.6 Å². The quantitative estimate of drug-likeness (QED) is 0.360. The number of carbonyl (C=O) groups excluding carboxylic acids is 2. The van der Waals surface area contributed by atoms with Crippen LogP contribution in [-0.2, 0) is 16.0 Å². The van der Waals surface area contributed by atoms with Gasteiger partial charge in [-0.3, -0.25) is 9.59 Å². The minimum Gasteiger partial charge on any atom is -0.480 e. The fraction of sp³-hybridized carbons (Fsp3) is 0.292. The third kappa shape index (κ3) is 6.26. The summed E-state index contributed by atoms with van der Waals surface area (Å²) in [5, 5.41) is 28.1. The van der Waals surface area contributed by atoms with Gasteiger partial charge in [0.2, 0.25) is 5.91 Å². The number of nitrogens with zero attached hydrogens (tertiary/aromatic N) is 2. The number of carbonyl (C=O) groups is 5. The van der Waals surface area contributed by atoms with E-state index in [1.165, 1.54) is 0 Å². The van der Waals surface area contributed by atoms with Crippen molar-refractivity contribution < 1.29 is 52.5 Å². The zero-order valence-corrected chi connectivity index (χ0v) is 19.6. The Bertz CT molecular complexity index is 1290. The Morgan fingerprint density at radius 1 is 0.842 bits per heavy atom. The number of aliphatic carboxylic acids is 1. The zero-order chi connectivity index (χ0) is 28.3. The first-order chi connectivity index (χ1) is 17.8. The van der Waals surface area contributed by atoms with Crippen LogP contribution in [0, 0.1) is 17.5 Å². The highest BCUT2D eigenvalue weighted by atomic mass is 19.2. The van der Waals surface area contributed by atoms with Crippen molar-refractivity contribution in [3.05, 3.63) is 70.0 Å². The van der Waals surface area contributed by atoms with Crippen molar-refractivity contribution >= 4 is 29.7 Å². The van der Waals surface area contributed by atoms with E-state index in [2.05, 4.69) is 0 Å². The fourth-order valence-corrected chi connectivity index (χ4v) is 4.07. The van der Waals surface area contributed by atoms with Gasteiger partial charge in [-0.15, -0.1) is 0 Å². The van der Waals surface area contributed by atoms with Crippen LogP contribution in [0.5, 0.6) is 0 Å². The average molecular weight is 537 g/mol. The molecule has 2 amide bonds. The summed E-state index contributed by atoms with van der Waals surface area (Å²) in [5.74, 6) is -9.71. The summed E-state index contributed by atoms with van der Waals surface area (Å²) < 4.78 is 40.5. The number of carboxylic acids is 3. The third-order valence-electron chi connectivity index (χ3n) is 5.96. The minimum absolute atomic E-state index is 0.166. The fourth-order valence-electron chi connectivity index (χ4n) is 4.07. The Kier molecular flexibility index (Phi) is 8.36. The number of hydrogen-bond donors (Lipinski definition) is 4. The highest BCUT2D eigenvalue weighted by molar-refractivity contribution is 6.01.